The fraction of sp³-hybridized carbons (Fsp3) is 0.500. The molecule has 0 amide bonds. The zero-order valence-corrected chi connectivity index (χ0v) is 9.03. The minimum atomic E-state index is -1.24. The van der Waals surface area contributed by atoms with Crippen LogP contribution in [0, 0.1) is 6.92 Å². The third-order valence-electron chi connectivity index (χ3n) is 1.89. The number of aliphatic hydroxyl groups excluding tert-OH is 1. The highest BCUT2D eigenvalue weighted by atomic mass is 16.5. The van der Waals surface area contributed by atoms with Crippen molar-refractivity contribution in [3.63, 3.8) is 0 Å². The van der Waals surface area contributed by atoms with Crippen LogP contribution in [0.25, 0.3) is 10.4 Å². The molecule has 1 aromatic rings. The van der Waals surface area contributed by atoms with Crippen LogP contribution in [0.3, 0.4) is 0 Å². The van der Waals surface area contributed by atoms with Gasteiger partial charge < -0.3 is 9.84 Å². The molecule has 1 heterocycles. The number of aryl methyl sites for hydroxylation is 1. The number of H-pyrrole nitrogens is 1. The summed E-state index contributed by atoms with van der Waals surface area (Å²) in [5, 5.41) is 11.8. The lowest BCUT2D eigenvalue weighted by atomic mass is 10.4. The van der Waals surface area contributed by atoms with Crippen molar-refractivity contribution in [2.45, 2.75) is 13.3 Å². The molecule has 9 heteroatoms. The van der Waals surface area contributed by atoms with Gasteiger partial charge in [0, 0.05) is 16.7 Å². The Bertz CT molecular complexity index is 542. The molecule has 17 heavy (non-hydrogen) atoms. The summed E-state index contributed by atoms with van der Waals surface area (Å²) in [6, 6.07) is 0. The Morgan fingerprint density at radius 2 is 2.41 bits per heavy atom. The third-order valence-corrected chi connectivity index (χ3v) is 1.89. The first-order chi connectivity index (χ1) is 8.10. The van der Waals surface area contributed by atoms with E-state index in [2.05, 4.69) is 10.0 Å². The van der Waals surface area contributed by atoms with Gasteiger partial charge >= 0.3 is 5.69 Å². The molecular formula is C8H11N5O4. The molecule has 0 spiro atoms. The van der Waals surface area contributed by atoms with Crippen LogP contribution >= 0.6 is 0 Å². The lowest BCUT2D eigenvalue weighted by molar-refractivity contribution is -0.0134. The molecule has 9 nitrogen and oxygen atoms in total. The Morgan fingerprint density at radius 1 is 1.71 bits per heavy atom. The molecule has 0 aliphatic heterocycles. The van der Waals surface area contributed by atoms with Crippen LogP contribution in [-0.4, -0.2) is 27.9 Å². The molecule has 0 saturated carbocycles. The number of nitrogens with zero attached hydrogens (tertiary/aromatic N) is 4. The first-order valence-corrected chi connectivity index (χ1v) is 4.69. The summed E-state index contributed by atoms with van der Waals surface area (Å²) in [6.07, 6.45) is -0.0204. The van der Waals surface area contributed by atoms with Crippen LogP contribution in [-0.2, 0) is 4.74 Å². The maximum absolute atomic E-state index is 11.5. The van der Waals surface area contributed by atoms with Crippen molar-refractivity contribution in [1.29, 1.82) is 0 Å². The van der Waals surface area contributed by atoms with Gasteiger partial charge in [-0.1, -0.05) is 0 Å². The number of aromatic nitrogens is 2. The van der Waals surface area contributed by atoms with Crippen LogP contribution in [0.1, 0.15) is 11.9 Å². The molecule has 0 saturated heterocycles. The van der Waals surface area contributed by atoms with E-state index in [1.54, 1.807) is 0 Å². The minimum Gasteiger partial charge on any atom is -0.394 e. The second kappa shape index (κ2) is 5.85. The maximum atomic E-state index is 11.5. The lowest BCUT2D eigenvalue weighted by Crippen LogP contribution is -2.33. The van der Waals surface area contributed by atoms with E-state index in [-0.39, 0.29) is 18.8 Å². The van der Waals surface area contributed by atoms with Gasteiger partial charge in [-0.3, -0.25) is 14.3 Å². The first kappa shape index (κ1) is 13.0. The SMILES string of the molecule is Cc1cn(C(N=[N+]=[N-])OCCO)c(=O)[nH]c1=O. The summed E-state index contributed by atoms with van der Waals surface area (Å²) < 4.78 is 5.90. The normalized spacial score (nSPS) is 11.9. The van der Waals surface area contributed by atoms with Crippen LogP contribution in [0.4, 0.5) is 0 Å². The van der Waals surface area contributed by atoms with Crippen molar-refractivity contribution >= 4 is 0 Å². The second-order valence-electron chi connectivity index (χ2n) is 3.10. The number of rotatable bonds is 5. The van der Waals surface area contributed by atoms with E-state index >= 15 is 0 Å². The molecule has 0 aliphatic carbocycles. The number of nitrogens with one attached hydrogen (secondary N) is 1. The fourth-order valence-electron chi connectivity index (χ4n) is 1.12. The predicted octanol–water partition coefficient (Wildman–Crippen LogP) is -0.380. The average Bonchev–Trinajstić information content (AvgIpc) is 2.29. The van der Waals surface area contributed by atoms with Gasteiger partial charge in [0.05, 0.1) is 13.2 Å². The molecule has 1 unspecified atom stereocenters. The Balaban J connectivity index is 3.18. The largest absolute Gasteiger partial charge is 0.394 e. The average molecular weight is 241 g/mol. The molecule has 0 fully saturated rings. The number of azide groups is 1. The van der Waals surface area contributed by atoms with Crippen molar-refractivity contribution in [1.82, 2.24) is 9.55 Å². The second-order valence-corrected chi connectivity index (χ2v) is 3.10. The molecule has 0 bridgehead atoms. The highest BCUT2D eigenvalue weighted by molar-refractivity contribution is 5.01. The van der Waals surface area contributed by atoms with Gasteiger partial charge in [0.15, 0.2) is 0 Å². The fourth-order valence-corrected chi connectivity index (χ4v) is 1.12. The minimum absolute atomic E-state index is 0.103. The maximum Gasteiger partial charge on any atom is 0.330 e. The van der Waals surface area contributed by atoms with Crippen molar-refractivity contribution in [2.24, 2.45) is 5.11 Å². The van der Waals surface area contributed by atoms with E-state index in [4.69, 9.17) is 15.4 Å². The smallest absolute Gasteiger partial charge is 0.330 e. The summed E-state index contributed by atoms with van der Waals surface area (Å²) >= 11 is 0. The van der Waals surface area contributed by atoms with E-state index in [0.29, 0.717) is 0 Å². The van der Waals surface area contributed by atoms with Crippen LogP contribution in [0.5, 0.6) is 0 Å². The molecule has 0 aliphatic rings. The van der Waals surface area contributed by atoms with Crippen molar-refractivity contribution in [2.75, 3.05) is 13.2 Å². The summed E-state index contributed by atoms with van der Waals surface area (Å²) in [4.78, 5) is 27.2. The molecule has 1 rings (SSSR count). The molecule has 1 atom stereocenters. The van der Waals surface area contributed by atoms with Gasteiger partial charge in [0.1, 0.15) is 0 Å². The summed E-state index contributed by atoms with van der Waals surface area (Å²) in [5.74, 6) is 0. The van der Waals surface area contributed by atoms with Crippen LogP contribution < -0.4 is 11.2 Å². The topological polar surface area (TPSA) is 133 Å². The molecule has 0 aromatic carbocycles. The Morgan fingerprint density at radius 3 is 3.00 bits per heavy atom. The Labute approximate surface area is 94.9 Å². The molecule has 1 aromatic heterocycles. The van der Waals surface area contributed by atoms with E-state index in [0.717, 1.165) is 4.57 Å². The van der Waals surface area contributed by atoms with Crippen molar-refractivity contribution < 1.29 is 9.84 Å². The lowest BCUT2D eigenvalue weighted by Gasteiger charge is -2.14. The van der Waals surface area contributed by atoms with E-state index < -0.39 is 17.6 Å². The highest BCUT2D eigenvalue weighted by Gasteiger charge is 2.12. The predicted molar refractivity (Wildman–Crippen MR) is 57.3 cm³/mol. The van der Waals surface area contributed by atoms with Gasteiger partial charge in [-0.2, -0.15) is 0 Å². The van der Waals surface area contributed by atoms with Gasteiger partial charge in [0.25, 0.3) is 5.56 Å². The third kappa shape index (κ3) is 3.18. The number of aliphatic hydroxyl groups is 1. The molecule has 2 N–H and O–H groups in total. The van der Waals surface area contributed by atoms with Gasteiger partial charge in [0.2, 0.25) is 6.35 Å². The van der Waals surface area contributed by atoms with Gasteiger partial charge in [-0.25, -0.2) is 4.79 Å². The van der Waals surface area contributed by atoms with Crippen molar-refractivity contribution in [3.05, 3.63) is 43.0 Å². The number of hydrogen-bond acceptors (Lipinski definition) is 5. The monoisotopic (exact) mass is 241 g/mol. The Kier molecular flexibility index (Phi) is 4.46. The summed E-state index contributed by atoms with van der Waals surface area (Å²) in [6.45, 7) is 1.11. The van der Waals surface area contributed by atoms with E-state index in [1.165, 1.54) is 13.1 Å². The number of hydrogen-bond donors (Lipinski definition) is 2. The summed E-state index contributed by atoms with van der Waals surface area (Å²) in [7, 11) is 0. The zero-order chi connectivity index (χ0) is 12.8. The van der Waals surface area contributed by atoms with E-state index in [1.807, 2.05) is 4.98 Å². The summed E-state index contributed by atoms with van der Waals surface area (Å²) in [5.41, 5.74) is 7.34. The number of ether oxygens (including phenoxy) is 1. The molecule has 92 valence electrons. The highest BCUT2D eigenvalue weighted by Crippen LogP contribution is 2.07. The van der Waals surface area contributed by atoms with Crippen LogP contribution in [0.15, 0.2) is 20.9 Å². The molecular weight excluding hydrogens is 230 g/mol. The quantitative estimate of drug-likeness (QED) is 0.413. The van der Waals surface area contributed by atoms with Gasteiger partial charge in [-0.05, 0) is 17.6 Å². The number of aromatic amines is 1. The zero-order valence-electron chi connectivity index (χ0n) is 9.03. The van der Waals surface area contributed by atoms with Crippen molar-refractivity contribution in [3.8, 4) is 0 Å². The Hall–Kier alpha value is -2.09. The van der Waals surface area contributed by atoms with Crippen LogP contribution in [0.2, 0.25) is 0 Å². The van der Waals surface area contributed by atoms with Gasteiger partial charge in [-0.15, -0.1) is 0 Å². The first-order valence-electron chi connectivity index (χ1n) is 4.69. The molecule has 0 radical (unpaired) electrons. The van der Waals surface area contributed by atoms with E-state index in [9.17, 15) is 9.59 Å². The standard InChI is InChI=1S/C8H11N5O4/c1-5-4-13(7(16)10-6(5)15)8(11-12-9)17-3-2-14/h4,8,14H,2-3H2,1H3,(H,10,15,16).